The molecule has 0 radical (unpaired) electrons. The van der Waals surface area contributed by atoms with Crippen molar-refractivity contribution in [2.75, 3.05) is 13.1 Å². The van der Waals surface area contributed by atoms with Crippen molar-refractivity contribution < 1.29 is 43.4 Å². The summed E-state index contributed by atoms with van der Waals surface area (Å²) in [6.07, 6.45) is 0.179. The molecule has 0 aliphatic carbocycles. The number of aromatic amines is 1. The molecule has 19 heteroatoms. The number of hydrogen-bond acceptors (Lipinski definition) is 10. The summed E-state index contributed by atoms with van der Waals surface area (Å²) in [5, 5.41) is 21.3. The molecular formula is C37H54N10O9. The lowest BCUT2D eigenvalue weighted by Gasteiger charge is -2.30. The first-order chi connectivity index (χ1) is 26.4. The molecule has 2 saturated heterocycles. The van der Waals surface area contributed by atoms with Crippen LogP contribution in [0.3, 0.4) is 0 Å². The summed E-state index contributed by atoms with van der Waals surface area (Å²) < 4.78 is 5.64. The Hall–Kier alpha value is -5.72. The fourth-order valence-electron chi connectivity index (χ4n) is 6.86. The Bertz CT molecular complexity index is 1810. The van der Waals surface area contributed by atoms with Crippen molar-refractivity contribution in [1.82, 2.24) is 31.2 Å². The van der Waals surface area contributed by atoms with Crippen LogP contribution in [-0.4, -0.2) is 118 Å². The minimum absolute atomic E-state index is 0.0663. The van der Waals surface area contributed by atoms with Gasteiger partial charge in [-0.1, -0.05) is 45.9 Å². The van der Waals surface area contributed by atoms with E-state index in [1.807, 2.05) is 38.1 Å². The molecule has 56 heavy (non-hydrogen) atoms. The maximum absolute atomic E-state index is 14.3. The molecule has 0 bridgehead atoms. The second-order valence-corrected chi connectivity index (χ2v) is 15.1. The van der Waals surface area contributed by atoms with Crippen molar-refractivity contribution in [1.29, 1.82) is 0 Å². The van der Waals surface area contributed by atoms with E-state index in [9.17, 15) is 38.7 Å². The molecule has 306 valence electrons. The SMILES string of the molecule is CC(C)C[C@@H]1NC(=O)[C@@H](C(C)C)NC(=O)[C@@H]2C[C@H](OC(=O)[C@@H](N)CCCN=C(N)N)CN2C(=O)[C@H](CC(=O)O)NC(=O)[C@@H](Cc2c[nH]c3ccccc23)NC1=O. The first-order valence-corrected chi connectivity index (χ1v) is 18.7. The highest BCUT2D eigenvalue weighted by Gasteiger charge is 2.46. The number of H-pyrrole nitrogens is 1. The molecule has 3 heterocycles. The van der Waals surface area contributed by atoms with E-state index in [1.165, 1.54) is 0 Å². The summed E-state index contributed by atoms with van der Waals surface area (Å²) in [4.78, 5) is 103. The Morgan fingerprint density at radius 3 is 2.25 bits per heavy atom. The number of para-hydroxylation sites is 1. The van der Waals surface area contributed by atoms with Gasteiger partial charge in [0.25, 0.3) is 0 Å². The number of carboxylic acid groups (broad SMARTS) is 1. The Labute approximate surface area is 324 Å². The van der Waals surface area contributed by atoms with Gasteiger partial charge >= 0.3 is 11.9 Å². The maximum atomic E-state index is 14.3. The number of nitrogens with zero attached hydrogens (tertiary/aromatic N) is 2. The molecule has 2 aliphatic rings. The van der Waals surface area contributed by atoms with Crippen LogP contribution in [0, 0.1) is 11.8 Å². The highest BCUT2D eigenvalue weighted by Crippen LogP contribution is 2.25. The van der Waals surface area contributed by atoms with E-state index in [-0.39, 0.29) is 50.7 Å². The van der Waals surface area contributed by atoms with Gasteiger partial charge in [-0.25, -0.2) is 0 Å². The van der Waals surface area contributed by atoms with Crippen molar-refractivity contribution in [2.24, 2.45) is 34.0 Å². The number of benzene rings is 1. The van der Waals surface area contributed by atoms with Crippen LogP contribution in [0.5, 0.6) is 0 Å². The average Bonchev–Trinajstić information content (AvgIpc) is 3.74. The standard InChI is InChI=1S/C37H54N10O9/c1-18(2)12-25-31(50)43-26(13-20-16-42-24-10-6-5-8-22(20)24)32(51)45-27(15-29(48)49)35(54)47-17-21(56-36(55)23(38)9-7-11-41-37(39)40)14-28(47)33(52)46-30(19(3)4)34(53)44-25/h5-6,8,10,16,18-19,21,23,25-28,30,42H,7,9,11-15,17,38H2,1-4H3,(H,43,50)(H,44,53)(H,45,51)(H,46,52)(H,48,49)(H4,39,40,41)/t21-,23-,25-,26+,27-,28-,30+/m0/s1. The topological polar surface area (TPSA) is 307 Å². The monoisotopic (exact) mass is 782 g/mol. The largest absolute Gasteiger partial charge is 0.481 e. The number of carbonyl (C=O) groups is 7. The molecule has 4 rings (SSSR count). The number of aromatic nitrogens is 1. The predicted octanol–water partition coefficient (Wildman–Crippen LogP) is -1.27. The van der Waals surface area contributed by atoms with E-state index in [1.54, 1.807) is 20.0 Å². The van der Waals surface area contributed by atoms with Crippen LogP contribution < -0.4 is 38.5 Å². The molecule has 1 aromatic heterocycles. The highest BCUT2D eigenvalue weighted by molar-refractivity contribution is 5.99. The summed E-state index contributed by atoms with van der Waals surface area (Å²) >= 11 is 0. The molecule has 1 aromatic carbocycles. The number of esters is 1. The fourth-order valence-corrected chi connectivity index (χ4v) is 6.86. The van der Waals surface area contributed by atoms with Crippen LogP contribution in [0.2, 0.25) is 0 Å². The van der Waals surface area contributed by atoms with Gasteiger partial charge in [0.05, 0.1) is 13.0 Å². The molecule has 7 atom stereocenters. The van der Waals surface area contributed by atoms with Crippen LogP contribution in [-0.2, 0) is 44.7 Å². The molecule has 12 N–H and O–H groups in total. The molecular weight excluding hydrogens is 728 g/mol. The third-order valence-electron chi connectivity index (χ3n) is 9.71. The Kier molecular flexibility index (Phi) is 14.8. The minimum atomic E-state index is -1.71. The van der Waals surface area contributed by atoms with Crippen molar-refractivity contribution in [3.63, 3.8) is 0 Å². The summed E-state index contributed by atoms with van der Waals surface area (Å²) in [6, 6.07) is -0.466. The zero-order chi connectivity index (χ0) is 41.3. The minimum Gasteiger partial charge on any atom is -0.481 e. The number of nitrogens with two attached hydrogens (primary N) is 3. The molecule has 2 aliphatic heterocycles. The number of carbonyl (C=O) groups excluding carboxylic acids is 6. The van der Waals surface area contributed by atoms with Crippen LogP contribution in [0.4, 0.5) is 0 Å². The van der Waals surface area contributed by atoms with Gasteiger partial charge in [0.15, 0.2) is 5.96 Å². The third-order valence-corrected chi connectivity index (χ3v) is 9.71. The number of guanidine groups is 1. The van der Waals surface area contributed by atoms with E-state index in [0.717, 1.165) is 15.8 Å². The third kappa shape index (κ3) is 11.4. The smallest absolute Gasteiger partial charge is 0.323 e. The number of aliphatic carboxylic acids is 1. The predicted molar refractivity (Wildman–Crippen MR) is 204 cm³/mol. The first kappa shape index (κ1) is 43.0. The molecule has 0 saturated carbocycles. The average molecular weight is 783 g/mol. The molecule has 2 fully saturated rings. The highest BCUT2D eigenvalue weighted by atomic mass is 16.5. The first-order valence-electron chi connectivity index (χ1n) is 18.7. The van der Waals surface area contributed by atoms with E-state index in [0.29, 0.717) is 12.0 Å². The van der Waals surface area contributed by atoms with Gasteiger partial charge < -0.3 is 58.2 Å². The van der Waals surface area contributed by atoms with Gasteiger partial charge in [0, 0.05) is 36.5 Å². The van der Waals surface area contributed by atoms with Crippen LogP contribution in [0.15, 0.2) is 35.5 Å². The number of amides is 5. The Balaban J connectivity index is 1.72. The quantitative estimate of drug-likeness (QED) is 0.0498. The van der Waals surface area contributed by atoms with Crippen LogP contribution >= 0.6 is 0 Å². The van der Waals surface area contributed by atoms with E-state index in [2.05, 4.69) is 31.2 Å². The molecule has 0 unspecified atom stereocenters. The van der Waals surface area contributed by atoms with E-state index in [4.69, 9.17) is 21.9 Å². The summed E-state index contributed by atoms with van der Waals surface area (Å²) in [7, 11) is 0. The van der Waals surface area contributed by atoms with Crippen molar-refractivity contribution in [2.45, 2.75) is 109 Å². The zero-order valence-electron chi connectivity index (χ0n) is 32.1. The second-order valence-electron chi connectivity index (χ2n) is 15.1. The second kappa shape index (κ2) is 19.2. The summed E-state index contributed by atoms with van der Waals surface area (Å²) in [5.74, 6) is -6.89. The zero-order valence-corrected chi connectivity index (χ0v) is 32.1. The van der Waals surface area contributed by atoms with E-state index >= 15 is 0 Å². The number of aliphatic imine (C=N–C) groups is 1. The molecule has 19 nitrogen and oxygen atoms in total. The maximum Gasteiger partial charge on any atom is 0.323 e. The van der Waals surface area contributed by atoms with Crippen LogP contribution in [0.1, 0.15) is 65.4 Å². The van der Waals surface area contributed by atoms with Gasteiger partial charge in [0.2, 0.25) is 29.5 Å². The van der Waals surface area contributed by atoms with E-state index < -0.39 is 96.2 Å². The Morgan fingerprint density at radius 2 is 1.59 bits per heavy atom. The lowest BCUT2D eigenvalue weighted by molar-refractivity contribution is -0.151. The van der Waals surface area contributed by atoms with Gasteiger partial charge in [-0.05, 0) is 42.7 Å². The van der Waals surface area contributed by atoms with Crippen molar-refractivity contribution in [3.8, 4) is 0 Å². The number of rotatable bonds is 13. The molecule has 2 aromatic rings. The fraction of sp³-hybridized carbons (Fsp3) is 0.568. The number of ether oxygens (including phenoxy) is 1. The van der Waals surface area contributed by atoms with Crippen molar-refractivity contribution >= 4 is 58.3 Å². The van der Waals surface area contributed by atoms with Crippen molar-refractivity contribution in [3.05, 3.63) is 36.0 Å². The normalized spacial score (nSPS) is 24.3. The number of hydrogen-bond donors (Lipinski definition) is 9. The Morgan fingerprint density at radius 1 is 0.929 bits per heavy atom. The number of fused-ring (bicyclic) bond motifs is 2. The molecule has 5 amide bonds. The summed E-state index contributed by atoms with van der Waals surface area (Å²) in [6.45, 7) is 6.97. The molecule has 0 spiro atoms. The van der Waals surface area contributed by atoms with Gasteiger partial charge in [0.1, 0.15) is 42.4 Å². The van der Waals surface area contributed by atoms with Gasteiger partial charge in [-0.15, -0.1) is 0 Å². The lowest BCUT2D eigenvalue weighted by atomic mass is 9.98. The number of carboxylic acids is 1. The van der Waals surface area contributed by atoms with Crippen LogP contribution in [0.25, 0.3) is 10.9 Å². The number of nitrogens with one attached hydrogen (secondary N) is 5. The summed E-state index contributed by atoms with van der Waals surface area (Å²) in [5.41, 5.74) is 18.2. The lowest BCUT2D eigenvalue weighted by Crippen LogP contribution is -2.59. The van der Waals surface area contributed by atoms with Gasteiger partial charge in [-0.3, -0.25) is 38.6 Å². The van der Waals surface area contributed by atoms with Gasteiger partial charge in [-0.2, -0.15) is 0 Å².